The van der Waals surface area contributed by atoms with Gasteiger partial charge in [0.25, 0.3) is 5.91 Å². The van der Waals surface area contributed by atoms with Crippen molar-refractivity contribution in [3.05, 3.63) is 58.0 Å². The van der Waals surface area contributed by atoms with Gasteiger partial charge in [-0.05, 0) is 83.2 Å². The van der Waals surface area contributed by atoms with Crippen LogP contribution in [0.2, 0.25) is 10.0 Å². The molecule has 1 aromatic carbocycles. The summed E-state index contributed by atoms with van der Waals surface area (Å²) in [6.07, 6.45) is 16.8. The average molecular weight is 589 g/mol. The molecule has 1 aromatic rings. The third-order valence-electron chi connectivity index (χ3n) is 5.93. The van der Waals surface area contributed by atoms with Gasteiger partial charge in [0, 0.05) is 23.5 Å². The Balaban J connectivity index is 0.000000649. The zero-order valence-electron chi connectivity index (χ0n) is 22.9. The van der Waals surface area contributed by atoms with Gasteiger partial charge in [-0.2, -0.15) is 0 Å². The topological polar surface area (TPSA) is 53.6 Å². The minimum absolute atomic E-state index is 0.0833. The highest BCUT2D eigenvalue weighted by Gasteiger charge is 2.38. The predicted molar refractivity (Wildman–Crippen MR) is 166 cm³/mol. The Kier molecular flexibility index (Phi) is 17.5. The van der Waals surface area contributed by atoms with Crippen LogP contribution in [0.25, 0.3) is 0 Å². The molecule has 208 valence electrons. The van der Waals surface area contributed by atoms with E-state index in [1.165, 1.54) is 16.9 Å². The molecule has 5 nitrogen and oxygen atoms in total. The lowest BCUT2D eigenvalue weighted by Crippen LogP contribution is -2.45. The molecule has 0 heterocycles. The second-order valence-corrected chi connectivity index (χ2v) is 11.6. The summed E-state index contributed by atoms with van der Waals surface area (Å²) in [5.41, 5.74) is 0.000258. The first-order chi connectivity index (χ1) is 17.7. The third kappa shape index (κ3) is 12.5. The second kappa shape index (κ2) is 19.0. The van der Waals surface area contributed by atoms with Gasteiger partial charge < -0.3 is 15.0 Å². The Morgan fingerprint density at radius 2 is 1.81 bits per heavy atom. The van der Waals surface area contributed by atoms with Crippen LogP contribution in [-0.4, -0.2) is 57.0 Å². The van der Waals surface area contributed by atoms with E-state index in [1.54, 1.807) is 24.9 Å². The van der Waals surface area contributed by atoms with Gasteiger partial charge in [-0.15, -0.1) is 11.8 Å². The average Bonchev–Trinajstić information content (AvgIpc) is 3.13. The number of thioether (sulfide) groups is 1. The van der Waals surface area contributed by atoms with Crippen molar-refractivity contribution in [2.45, 2.75) is 62.4 Å². The van der Waals surface area contributed by atoms with E-state index in [2.05, 4.69) is 33.8 Å². The van der Waals surface area contributed by atoms with E-state index >= 15 is 0 Å². The summed E-state index contributed by atoms with van der Waals surface area (Å²) in [6.45, 7) is 7.39. The third-order valence-corrected chi connectivity index (χ3v) is 8.02. The summed E-state index contributed by atoms with van der Waals surface area (Å²) < 4.78 is 8.59. The molecule has 0 aliphatic heterocycles. The van der Waals surface area contributed by atoms with Crippen LogP contribution < -0.4 is 10.0 Å². The van der Waals surface area contributed by atoms with Crippen LogP contribution in [0.5, 0.6) is 0 Å². The first-order valence-corrected chi connectivity index (χ1v) is 15.4. The molecule has 0 spiro atoms. The van der Waals surface area contributed by atoms with Crippen LogP contribution >= 0.6 is 46.9 Å². The molecule has 0 bridgehead atoms. The van der Waals surface area contributed by atoms with E-state index in [0.717, 1.165) is 68.6 Å². The maximum atomic E-state index is 12.8. The molecule has 1 saturated carbocycles. The van der Waals surface area contributed by atoms with Gasteiger partial charge in [-0.1, -0.05) is 73.7 Å². The van der Waals surface area contributed by atoms with E-state index in [-0.39, 0.29) is 5.91 Å². The van der Waals surface area contributed by atoms with Crippen LogP contribution in [0.15, 0.2) is 52.8 Å². The summed E-state index contributed by atoms with van der Waals surface area (Å²) in [4.78, 5) is 17.0. The fourth-order valence-corrected chi connectivity index (χ4v) is 5.88. The molecule has 1 amide bonds. The Labute approximate surface area is 243 Å². The molecule has 2 N–H and O–H groups in total. The maximum absolute atomic E-state index is 12.8. The predicted octanol–water partition coefficient (Wildman–Crippen LogP) is 8.22. The zero-order chi connectivity index (χ0) is 27.7. The Hall–Kier alpha value is -1.09. The molecule has 0 saturated heterocycles. The highest BCUT2D eigenvalue weighted by molar-refractivity contribution is 8.02. The number of allylic oxidation sites excluding steroid dienone is 4. The van der Waals surface area contributed by atoms with Gasteiger partial charge in [0.1, 0.15) is 5.60 Å². The quantitative estimate of drug-likeness (QED) is 0.111. The minimum atomic E-state index is -0.731. The lowest BCUT2D eigenvalue weighted by molar-refractivity contribution is -0.143. The smallest absolute Gasteiger partial charge is 0.262 e. The number of hydrogen-bond donors (Lipinski definition) is 2. The van der Waals surface area contributed by atoms with E-state index in [0.29, 0.717) is 10.0 Å². The number of amides is 1. The summed E-state index contributed by atoms with van der Waals surface area (Å²) in [7, 11) is 5.71. The monoisotopic (exact) mass is 587 g/mol. The summed E-state index contributed by atoms with van der Waals surface area (Å²) in [5.74, 6) is -0.0833. The van der Waals surface area contributed by atoms with Crippen LogP contribution in [0.1, 0.15) is 51.9 Å². The number of hydrogen-bond acceptors (Lipinski definition) is 6. The largest absolute Gasteiger partial charge is 0.383 e. The van der Waals surface area contributed by atoms with E-state index in [9.17, 15) is 4.79 Å². The van der Waals surface area contributed by atoms with Crippen molar-refractivity contribution < 1.29 is 9.53 Å². The number of carbonyl (C=O) groups is 1. The Morgan fingerprint density at radius 3 is 2.30 bits per heavy atom. The van der Waals surface area contributed by atoms with Crippen molar-refractivity contribution in [1.29, 1.82) is 0 Å². The number of halogens is 2. The highest BCUT2D eigenvalue weighted by atomic mass is 35.5. The molecule has 1 aliphatic carbocycles. The molecule has 9 heteroatoms. The molecule has 2 rings (SSSR count). The molecule has 0 aromatic heterocycles. The Bertz CT molecular complexity index is 876. The van der Waals surface area contributed by atoms with Crippen molar-refractivity contribution in [3.8, 4) is 0 Å². The first-order valence-electron chi connectivity index (χ1n) is 12.6. The number of carbonyl (C=O) groups excluding carboxylic acids is 1. The van der Waals surface area contributed by atoms with Gasteiger partial charge in [-0.25, -0.2) is 0 Å². The standard InChI is InChI=1S/C20H31Cl2N3O2S.C8H12S/c1-25(2)12-8-11-23-18-16(21)13-15(14-17(18)22)28-24-19(26)20(27-3)9-6-4-5-7-10-20;1-4-6-8(9-3)7-5-2/h13-14,23H,4-12H2,1-3H3,(H,24,26);4-7H,1H2,2-3H3/b;7-5-,8-6+. The van der Waals surface area contributed by atoms with E-state index in [4.69, 9.17) is 27.9 Å². The molecule has 0 radical (unpaired) electrons. The fraction of sp³-hybridized carbons (Fsp3) is 0.536. The lowest BCUT2D eigenvalue weighted by atomic mass is 9.93. The van der Waals surface area contributed by atoms with Crippen LogP contribution in [-0.2, 0) is 9.53 Å². The zero-order valence-corrected chi connectivity index (χ0v) is 26.0. The number of ether oxygens (including phenoxy) is 1. The summed E-state index contributed by atoms with van der Waals surface area (Å²) in [6, 6.07) is 3.64. The van der Waals surface area contributed by atoms with Gasteiger partial charge in [0.2, 0.25) is 0 Å². The molecule has 0 unspecified atom stereocenters. The van der Waals surface area contributed by atoms with Crippen LogP contribution in [0.4, 0.5) is 5.69 Å². The molecule has 1 fully saturated rings. The van der Waals surface area contributed by atoms with Crippen molar-refractivity contribution in [1.82, 2.24) is 9.62 Å². The van der Waals surface area contributed by atoms with Crippen LogP contribution in [0, 0.1) is 0 Å². The normalized spacial score (nSPS) is 15.6. The van der Waals surface area contributed by atoms with Crippen molar-refractivity contribution >= 4 is 58.5 Å². The number of rotatable bonds is 12. The van der Waals surface area contributed by atoms with E-state index < -0.39 is 5.60 Å². The number of nitrogens with zero attached hydrogens (tertiary/aromatic N) is 1. The SMILES string of the molecule is C=C/C=C(\C=C/C)SC.COC1(C(=O)NSc2cc(Cl)c(NCCCN(C)C)c(Cl)c2)CCCCCC1. The van der Waals surface area contributed by atoms with E-state index in [1.807, 2.05) is 45.3 Å². The first kappa shape index (κ1) is 33.9. The number of methoxy groups -OCH3 is 1. The second-order valence-electron chi connectivity index (χ2n) is 9.00. The lowest BCUT2D eigenvalue weighted by Gasteiger charge is -2.29. The molecule has 0 atom stereocenters. The number of anilines is 1. The van der Waals surface area contributed by atoms with Gasteiger partial charge in [0.05, 0.1) is 15.7 Å². The van der Waals surface area contributed by atoms with Crippen molar-refractivity contribution in [3.63, 3.8) is 0 Å². The fourth-order valence-electron chi connectivity index (χ4n) is 3.88. The number of benzene rings is 1. The van der Waals surface area contributed by atoms with Crippen molar-refractivity contribution in [2.24, 2.45) is 0 Å². The molecular weight excluding hydrogens is 545 g/mol. The van der Waals surface area contributed by atoms with Gasteiger partial charge in [-0.3, -0.25) is 9.52 Å². The van der Waals surface area contributed by atoms with Gasteiger partial charge >= 0.3 is 0 Å². The summed E-state index contributed by atoms with van der Waals surface area (Å²) in [5, 5.41) is 4.39. The molecular formula is C28H43Cl2N3O2S2. The summed E-state index contributed by atoms with van der Waals surface area (Å²) >= 11 is 15.8. The minimum Gasteiger partial charge on any atom is -0.383 e. The van der Waals surface area contributed by atoms with Crippen LogP contribution in [0.3, 0.4) is 0 Å². The number of nitrogens with one attached hydrogen (secondary N) is 2. The Morgan fingerprint density at radius 1 is 1.19 bits per heavy atom. The molecule has 37 heavy (non-hydrogen) atoms. The van der Waals surface area contributed by atoms with Gasteiger partial charge in [0.15, 0.2) is 0 Å². The highest BCUT2D eigenvalue weighted by Crippen LogP contribution is 2.36. The van der Waals surface area contributed by atoms with Crippen molar-refractivity contribution in [2.75, 3.05) is 45.9 Å². The maximum Gasteiger partial charge on any atom is 0.262 e. The molecule has 1 aliphatic rings.